The molecule has 0 bridgehead atoms. The molecule has 2 N–H and O–H groups in total. The van der Waals surface area contributed by atoms with Gasteiger partial charge in [0, 0.05) is 25.7 Å². The van der Waals surface area contributed by atoms with Gasteiger partial charge in [0.25, 0.3) is 0 Å². The number of rotatable bonds is 7. The van der Waals surface area contributed by atoms with Crippen LogP contribution in [0.15, 0.2) is 24.3 Å². The molecule has 1 fully saturated rings. The van der Waals surface area contributed by atoms with Crippen LogP contribution in [0, 0.1) is 5.92 Å². The molecule has 1 aliphatic rings. The number of hydrogen-bond donors (Lipinski definition) is 2. The molecule has 0 saturated carbocycles. The smallest absolute Gasteiger partial charge is 0.314 e. The second kappa shape index (κ2) is 9.52. The highest BCUT2D eigenvalue weighted by Gasteiger charge is 2.21. The number of piperidine rings is 1. The first-order chi connectivity index (χ1) is 11.6. The number of methoxy groups -OCH3 is 1. The van der Waals surface area contributed by atoms with Crippen molar-refractivity contribution in [2.24, 2.45) is 5.92 Å². The molecule has 5 heteroatoms. The SMILES string of the molecule is COc1ccc(CCNC(=O)NC[C@@H]2CCCN(C(C)C)C2)cc1. The van der Waals surface area contributed by atoms with E-state index in [-0.39, 0.29) is 6.03 Å². The Labute approximate surface area is 145 Å². The van der Waals surface area contributed by atoms with Crippen LogP contribution in [-0.2, 0) is 6.42 Å². The highest BCUT2D eigenvalue weighted by atomic mass is 16.5. The molecule has 2 rings (SSSR count). The van der Waals surface area contributed by atoms with E-state index in [4.69, 9.17) is 4.74 Å². The molecule has 5 nitrogen and oxygen atoms in total. The average Bonchev–Trinajstić information content (AvgIpc) is 2.61. The number of benzene rings is 1. The number of urea groups is 1. The van der Waals surface area contributed by atoms with Gasteiger partial charge >= 0.3 is 6.03 Å². The molecule has 0 radical (unpaired) electrons. The first kappa shape index (κ1) is 18.6. The van der Waals surface area contributed by atoms with Crippen LogP contribution >= 0.6 is 0 Å². The quantitative estimate of drug-likeness (QED) is 0.806. The van der Waals surface area contributed by atoms with Crippen molar-refractivity contribution in [1.29, 1.82) is 0 Å². The Morgan fingerprint density at radius 2 is 2.04 bits per heavy atom. The van der Waals surface area contributed by atoms with E-state index in [1.165, 1.54) is 24.9 Å². The Kier molecular flexibility index (Phi) is 7.37. The van der Waals surface area contributed by atoms with E-state index in [1.54, 1.807) is 7.11 Å². The summed E-state index contributed by atoms with van der Waals surface area (Å²) >= 11 is 0. The van der Waals surface area contributed by atoms with Gasteiger partial charge in [-0.3, -0.25) is 0 Å². The summed E-state index contributed by atoms with van der Waals surface area (Å²) in [7, 11) is 1.66. The Morgan fingerprint density at radius 3 is 2.71 bits per heavy atom. The van der Waals surface area contributed by atoms with Crippen LogP contribution < -0.4 is 15.4 Å². The molecule has 0 spiro atoms. The minimum Gasteiger partial charge on any atom is -0.497 e. The van der Waals surface area contributed by atoms with Crippen LogP contribution in [0.2, 0.25) is 0 Å². The van der Waals surface area contributed by atoms with E-state index in [0.717, 1.165) is 25.3 Å². The number of nitrogens with zero attached hydrogens (tertiary/aromatic N) is 1. The van der Waals surface area contributed by atoms with E-state index < -0.39 is 0 Å². The zero-order valence-electron chi connectivity index (χ0n) is 15.2. The largest absolute Gasteiger partial charge is 0.497 e. The lowest BCUT2D eigenvalue weighted by molar-refractivity contribution is 0.139. The summed E-state index contributed by atoms with van der Waals surface area (Å²) in [6, 6.07) is 8.47. The highest BCUT2D eigenvalue weighted by Crippen LogP contribution is 2.17. The molecule has 1 atom stereocenters. The lowest BCUT2D eigenvalue weighted by atomic mass is 9.97. The van der Waals surface area contributed by atoms with Gasteiger partial charge in [0.2, 0.25) is 0 Å². The molecule has 0 aromatic heterocycles. The first-order valence-corrected chi connectivity index (χ1v) is 8.97. The van der Waals surface area contributed by atoms with Crippen LogP contribution in [0.3, 0.4) is 0 Å². The van der Waals surface area contributed by atoms with Crippen LogP contribution in [0.4, 0.5) is 4.79 Å². The van der Waals surface area contributed by atoms with Crippen molar-refractivity contribution in [2.45, 2.75) is 39.2 Å². The third kappa shape index (κ3) is 6.04. The summed E-state index contributed by atoms with van der Waals surface area (Å²) in [6.45, 7) is 8.15. The zero-order chi connectivity index (χ0) is 17.4. The second-order valence-corrected chi connectivity index (χ2v) is 6.83. The second-order valence-electron chi connectivity index (χ2n) is 6.83. The average molecular weight is 333 g/mol. The Bertz CT molecular complexity index is 502. The molecule has 2 amide bonds. The molecule has 1 heterocycles. The maximum atomic E-state index is 11.9. The maximum Gasteiger partial charge on any atom is 0.314 e. The van der Waals surface area contributed by atoms with Gasteiger partial charge in [-0.15, -0.1) is 0 Å². The fourth-order valence-electron chi connectivity index (χ4n) is 3.15. The monoisotopic (exact) mass is 333 g/mol. The molecule has 0 unspecified atom stereocenters. The first-order valence-electron chi connectivity index (χ1n) is 8.97. The van der Waals surface area contributed by atoms with Gasteiger partial charge in [-0.2, -0.15) is 0 Å². The fourth-order valence-corrected chi connectivity index (χ4v) is 3.15. The summed E-state index contributed by atoms with van der Waals surface area (Å²) in [5, 5.41) is 5.96. The van der Waals surface area contributed by atoms with Crippen molar-refractivity contribution in [3.05, 3.63) is 29.8 Å². The van der Waals surface area contributed by atoms with Gasteiger partial charge in [0.05, 0.1) is 7.11 Å². The minimum atomic E-state index is -0.0646. The topological polar surface area (TPSA) is 53.6 Å². The van der Waals surface area contributed by atoms with Crippen molar-refractivity contribution >= 4 is 6.03 Å². The Hall–Kier alpha value is -1.75. The Balaban J connectivity index is 1.62. The van der Waals surface area contributed by atoms with Gasteiger partial charge in [-0.25, -0.2) is 4.79 Å². The predicted octanol–water partition coefficient (Wildman–Crippen LogP) is 2.66. The highest BCUT2D eigenvalue weighted by molar-refractivity contribution is 5.73. The van der Waals surface area contributed by atoms with Crippen LogP contribution in [0.1, 0.15) is 32.3 Å². The van der Waals surface area contributed by atoms with Crippen molar-refractivity contribution in [3.63, 3.8) is 0 Å². The lowest BCUT2D eigenvalue weighted by Gasteiger charge is -2.35. The summed E-state index contributed by atoms with van der Waals surface area (Å²) in [5.41, 5.74) is 1.19. The molecule has 1 aromatic carbocycles. The van der Waals surface area contributed by atoms with Gasteiger partial charge in [0.1, 0.15) is 5.75 Å². The standard InChI is InChI=1S/C19H31N3O2/c1-15(2)22-12-4-5-17(14-22)13-21-19(23)20-11-10-16-6-8-18(24-3)9-7-16/h6-9,15,17H,4-5,10-14H2,1-3H3,(H2,20,21,23)/t17-/m0/s1. The van der Waals surface area contributed by atoms with E-state index in [2.05, 4.69) is 29.4 Å². The van der Waals surface area contributed by atoms with Crippen LogP contribution in [0.25, 0.3) is 0 Å². The normalized spacial score (nSPS) is 18.4. The lowest BCUT2D eigenvalue weighted by Crippen LogP contribution is -2.45. The molecule has 1 aliphatic heterocycles. The number of hydrogen-bond acceptors (Lipinski definition) is 3. The van der Waals surface area contributed by atoms with Crippen LogP contribution in [-0.4, -0.2) is 50.3 Å². The molecule has 1 saturated heterocycles. The number of nitrogens with one attached hydrogen (secondary N) is 2. The van der Waals surface area contributed by atoms with Crippen LogP contribution in [0.5, 0.6) is 5.75 Å². The van der Waals surface area contributed by atoms with Crippen molar-refractivity contribution in [1.82, 2.24) is 15.5 Å². The zero-order valence-corrected chi connectivity index (χ0v) is 15.2. The van der Waals surface area contributed by atoms with Crippen molar-refractivity contribution in [2.75, 3.05) is 33.3 Å². The molecule has 134 valence electrons. The van der Waals surface area contributed by atoms with Gasteiger partial charge in [0.15, 0.2) is 0 Å². The summed E-state index contributed by atoms with van der Waals surface area (Å²) < 4.78 is 5.14. The van der Waals surface area contributed by atoms with Gasteiger partial charge in [-0.05, 0) is 63.3 Å². The van der Waals surface area contributed by atoms with E-state index >= 15 is 0 Å². The number of carbonyl (C=O) groups is 1. The Morgan fingerprint density at radius 1 is 1.29 bits per heavy atom. The van der Waals surface area contributed by atoms with E-state index in [1.807, 2.05) is 24.3 Å². The summed E-state index contributed by atoms with van der Waals surface area (Å²) in [4.78, 5) is 14.4. The fraction of sp³-hybridized carbons (Fsp3) is 0.632. The summed E-state index contributed by atoms with van der Waals surface area (Å²) in [6.07, 6.45) is 3.25. The van der Waals surface area contributed by atoms with Crippen molar-refractivity contribution < 1.29 is 9.53 Å². The molecule has 24 heavy (non-hydrogen) atoms. The minimum absolute atomic E-state index is 0.0646. The summed E-state index contributed by atoms with van der Waals surface area (Å²) in [5.74, 6) is 1.42. The van der Waals surface area contributed by atoms with Gasteiger partial charge in [-0.1, -0.05) is 12.1 Å². The van der Waals surface area contributed by atoms with Gasteiger partial charge < -0.3 is 20.3 Å². The third-order valence-corrected chi connectivity index (χ3v) is 4.69. The maximum absolute atomic E-state index is 11.9. The molecular weight excluding hydrogens is 302 g/mol. The number of amides is 2. The number of carbonyl (C=O) groups excluding carboxylic acids is 1. The number of likely N-dealkylation sites (tertiary alicyclic amines) is 1. The molecule has 0 aliphatic carbocycles. The third-order valence-electron chi connectivity index (χ3n) is 4.69. The number of ether oxygens (including phenoxy) is 1. The van der Waals surface area contributed by atoms with Crippen molar-refractivity contribution in [3.8, 4) is 5.75 Å². The molecule has 1 aromatic rings. The van der Waals surface area contributed by atoms with E-state index in [9.17, 15) is 4.79 Å². The van der Waals surface area contributed by atoms with E-state index in [0.29, 0.717) is 18.5 Å². The predicted molar refractivity (Wildman–Crippen MR) is 97.5 cm³/mol. The molecular formula is C19H31N3O2.